The highest BCUT2D eigenvalue weighted by Crippen LogP contribution is 2.63. The first-order valence-corrected chi connectivity index (χ1v) is 12.4. The molecule has 0 spiro atoms. The third-order valence-corrected chi connectivity index (χ3v) is 8.11. The van der Waals surface area contributed by atoms with E-state index in [1.807, 2.05) is 42.1 Å². The lowest BCUT2D eigenvalue weighted by atomic mass is 9.75. The number of fused-ring (bicyclic) bond motifs is 9. The van der Waals surface area contributed by atoms with Gasteiger partial charge in [-0.25, -0.2) is 4.79 Å². The summed E-state index contributed by atoms with van der Waals surface area (Å²) in [7, 11) is 1.87. The number of para-hydroxylation sites is 1. The number of anilines is 1. The molecule has 7 rings (SSSR count). The van der Waals surface area contributed by atoms with Crippen molar-refractivity contribution in [3.63, 3.8) is 0 Å². The number of carbonyl (C=O) groups excluding carboxylic acids is 1. The Kier molecular flexibility index (Phi) is 4.35. The van der Waals surface area contributed by atoms with Crippen LogP contribution in [-0.4, -0.2) is 5.97 Å². The fourth-order valence-electron chi connectivity index (χ4n) is 6.52. The number of hydrogen-bond donors (Lipinski definition) is 0. The van der Waals surface area contributed by atoms with Crippen molar-refractivity contribution < 1.29 is 14.1 Å². The lowest BCUT2D eigenvalue weighted by Gasteiger charge is -2.41. The van der Waals surface area contributed by atoms with Crippen molar-refractivity contribution in [2.45, 2.75) is 31.5 Å². The largest absolute Gasteiger partial charge is 0.429 e. The molecule has 176 valence electrons. The standard InChI is InChI=1S/C32H27N2O2/c1-32(2)24-16-8-6-14-22(24)27-23-15-7-9-17-25(23)34-29(28(27)32)20-12-4-5-13-21(20)30(34)36-31(35)26-18-10-11-19-33(26)3/h4-19,29-30H,1-3H3/q+1. The van der Waals surface area contributed by atoms with Crippen LogP contribution in [0.5, 0.6) is 0 Å². The van der Waals surface area contributed by atoms with Gasteiger partial charge >= 0.3 is 5.97 Å². The third kappa shape index (κ3) is 2.70. The van der Waals surface area contributed by atoms with Crippen LogP contribution < -0.4 is 9.47 Å². The zero-order valence-corrected chi connectivity index (χ0v) is 20.6. The van der Waals surface area contributed by atoms with Crippen molar-refractivity contribution in [3.05, 3.63) is 136 Å². The van der Waals surface area contributed by atoms with Gasteiger partial charge in [0.15, 0.2) is 6.20 Å². The summed E-state index contributed by atoms with van der Waals surface area (Å²) < 4.78 is 8.18. The van der Waals surface area contributed by atoms with Gasteiger partial charge in [-0.3, -0.25) is 0 Å². The molecule has 4 heteroatoms. The zero-order valence-electron chi connectivity index (χ0n) is 20.6. The Morgan fingerprint density at radius 2 is 1.50 bits per heavy atom. The van der Waals surface area contributed by atoms with Crippen LogP contribution in [0, 0.1) is 0 Å². The van der Waals surface area contributed by atoms with E-state index in [0.717, 1.165) is 11.3 Å². The quantitative estimate of drug-likeness (QED) is 0.264. The molecule has 3 aromatic carbocycles. The normalized spacial score (nSPS) is 20.2. The first kappa shape index (κ1) is 21.1. The second-order valence-electron chi connectivity index (χ2n) is 10.4. The second-order valence-corrected chi connectivity index (χ2v) is 10.4. The van der Waals surface area contributed by atoms with Crippen LogP contribution in [0.1, 0.15) is 64.4 Å². The van der Waals surface area contributed by atoms with Gasteiger partial charge in [-0.1, -0.05) is 80.6 Å². The lowest BCUT2D eigenvalue weighted by molar-refractivity contribution is -0.674. The van der Waals surface area contributed by atoms with E-state index in [2.05, 4.69) is 85.5 Å². The summed E-state index contributed by atoms with van der Waals surface area (Å²) in [6, 6.07) is 31.3. The predicted molar refractivity (Wildman–Crippen MR) is 139 cm³/mol. The van der Waals surface area contributed by atoms with Gasteiger partial charge in [-0.15, -0.1) is 0 Å². The monoisotopic (exact) mass is 471 g/mol. The molecule has 3 aliphatic rings. The van der Waals surface area contributed by atoms with Gasteiger partial charge in [0.2, 0.25) is 6.23 Å². The van der Waals surface area contributed by atoms with E-state index in [0.29, 0.717) is 5.69 Å². The Morgan fingerprint density at radius 3 is 2.31 bits per heavy atom. The highest BCUT2D eigenvalue weighted by Gasteiger charge is 2.53. The minimum absolute atomic E-state index is 0.0178. The number of nitrogens with zero attached hydrogens (tertiary/aromatic N) is 2. The van der Waals surface area contributed by atoms with Crippen molar-refractivity contribution in [2.24, 2.45) is 7.05 Å². The van der Waals surface area contributed by atoms with Crippen molar-refractivity contribution in [1.29, 1.82) is 0 Å². The molecule has 0 fully saturated rings. The van der Waals surface area contributed by atoms with E-state index in [4.69, 9.17) is 4.74 Å². The molecule has 0 bridgehead atoms. The summed E-state index contributed by atoms with van der Waals surface area (Å²) in [4.78, 5) is 15.8. The summed E-state index contributed by atoms with van der Waals surface area (Å²) in [6.45, 7) is 4.65. The number of aromatic nitrogens is 1. The number of pyridine rings is 1. The summed E-state index contributed by atoms with van der Waals surface area (Å²) in [5.41, 5.74) is 10.3. The Bertz CT molecular complexity index is 1600. The van der Waals surface area contributed by atoms with E-state index in [1.54, 1.807) is 0 Å². The highest BCUT2D eigenvalue weighted by atomic mass is 16.6. The molecule has 4 aromatic rings. The number of esters is 1. The first-order valence-electron chi connectivity index (χ1n) is 12.4. The fourth-order valence-corrected chi connectivity index (χ4v) is 6.52. The van der Waals surface area contributed by atoms with Crippen LogP contribution in [0.2, 0.25) is 0 Å². The van der Waals surface area contributed by atoms with Crippen LogP contribution in [0.4, 0.5) is 5.69 Å². The number of ether oxygens (including phenoxy) is 1. The van der Waals surface area contributed by atoms with E-state index in [1.165, 1.54) is 33.4 Å². The molecule has 4 nitrogen and oxygen atoms in total. The molecule has 0 N–H and O–H groups in total. The summed E-state index contributed by atoms with van der Waals surface area (Å²) in [6.07, 6.45) is 1.35. The molecule has 2 atom stereocenters. The van der Waals surface area contributed by atoms with Crippen molar-refractivity contribution in [1.82, 2.24) is 0 Å². The number of benzene rings is 3. The smallest absolute Gasteiger partial charge is 0.405 e. The molecule has 0 amide bonds. The Labute approximate surface area is 211 Å². The maximum atomic E-state index is 13.5. The molecule has 1 aliphatic carbocycles. The van der Waals surface area contributed by atoms with Crippen LogP contribution in [0.3, 0.4) is 0 Å². The van der Waals surface area contributed by atoms with Gasteiger partial charge in [0.05, 0.1) is 6.04 Å². The molecule has 0 saturated carbocycles. The van der Waals surface area contributed by atoms with E-state index >= 15 is 0 Å². The van der Waals surface area contributed by atoms with Gasteiger partial charge in [-0.2, -0.15) is 4.57 Å². The minimum Gasteiger partial charge on any atom is -0.429 e. The maximum Gasteiger partial charge on any atom is 0.405 e. The van der Waals surface area contributed by atoms with E-state index < -0.39 is 6.23 Å². The van der Waals surface area contributed by atoms with Crippen LogP contribution >= 0.6 is 0 Å². The predicted octanol–water partition coefficient (Wildman–Crippen LogP) is 6.03. The van der Waals surface area contributed by atoms with Gasteiger partial charge in [-0.05, 0) is 40.0 Å². The maximum absolute atomic E-state index is 13.5. The Hall–Kier alpha value is -4.18. The average Bonchev–Trinajstić information content (AvgIpc) is 3.34. The summed E-state index contributed by atoms with van der Waals surface area (Å²) in [5, 5.41) is 0. The lowest BCUT2D eigenvalue weighted by Crippen LogP contribution is -2.39. The summed E-state index contributed by atoms with van der Waals surface area (Å²) >= 11 is 0. The fraction of sp³-hybridized carbons (Fsp3) is 0.188. The van der Waals surface area contributed by atoms with Crippen LogP contribution in [0.15, 0.2) is 103 Å². The third-order valence-electron chi connectivity index (χ3n) is 8.11. The highest BCUT2D eigenvalue weighted by molar-refractivity contribution is 5.98. The second kappa shape index (κ2) is 7.41. The number of rotatable bonds is 2. The molecule has 36 heavy (non-hydrogen) atoms. The molecular formula is C32H27N2O2+. The molecule has 3 heterocycles. The summed E-state index contributed by atoms with van der Waals surface area (Å²) in [5.74, 6) is -0.329. The SMILES string of the molecule is C[n+]1ccccc1C(=O)OC1c2ccccc2C2C3=C(c4ccccc4N12)c1ccccc1C3(C)C. The van der Waals surface area contributed by atoms with Crippen molar-refractivity contribution >= 4 is 17.2 Å². The molecular weight excluding hydrogens is 444 g/mol. The number of carbonyl (C=O) groups is 1. The topological polar surface area (TPSA) is 33.4 Å². The van der Waals surface area contributed by atoms with Gasteiger partial charge in [0.25, 0.3) is 5.69 Å². The van der Waals surface area contributed by atoms with Gasteiger partial charge < -0.3 is 9.64 Å². The molecule has 0 saturated heterocycles. The molecule has 2 unspecified atom stereocenters. The number of aryl methyl sites for hydroxylation is 1. The van der Waals surface area contributed by atoms with Gasteiger partial charge in [0.1, 0.15) is 7.05 Å². The van der Waals surface area contributed by atoms with E-state index in [9.17, 15) is 4.79 Å². The zero-order chi connectivity index (χ0) is 24.6. The average molecular weight is 472 g/mol. The Balaban J connectivity index is 1.45. The minimum atomic E-state index is -0.520. The molecule has 1 aromatic heterocycles. The van der Waals surface area contributed by atoms with Crippen molar-refractivity contribution in [3.8, 4) is 0 Å². The first-order chi connectivity index (χ1) is 17.5. The van der Waals surface area contributed by atoms with Gasteiger partial charge in [0, 0.05) is 34.4 Å². The van der Waals surface area contributed by atoms with E-state index in [-0.39, 0.29) is 17.4 Å². The molecule has 2 aliphatic heterocycles. The van der Waals surface area contributed by atoms with Crippen molar-refractivity contribution in [2.75, 3.05) is 4.90 Å². The molecule has 0 radical (unpaired) electrons. The Morgan fingerprint density at radius 1 is 0.833 bits per heavy atom. The van der Waals surface area contributed by atoms with Crippen LogP contribution in [0.25, 0.3) is 5.57 Å². The van der Waals surface area contributed by atoms with Crippen LogP contribution in [-0.2, 0) is 17.2 Å². The number of hydrogen-bond acceptors (Lipinski definition) is 3.